The summed E-state index contributed by atoms with van der Waals surface area (Å²) in [4.78, 5) is 15.2. The summed E-state index contributed by atoms with van der Waals surface area (Å²) in [7, 11) is 1.40. The first-order valence-corrected chi connectivity index (χ1v) is 9.79. The molecule has 0 saturated carbocycles. The van der Waals surface area contributed by atoms with Crippen LogP contribution in [-0.4, -0.2) is 18.1 Å². The first-order chi connectivity index (χ1) is 13.6. The first-order valence-electron chi connectivity index (χ1n) is 9.79. The van der Waals surface area contributed by atoms with Gasteiger partial charge in [-0.15, -0.1) is 0 Å². The third-order valence-corrected chi connectivity index (χ3v) is 5.73. The molecule has 4 rings (SSSR count). The number of nitrogens with one attached hydrogen (secondary N) is 2. The number of hydrogen-bond acceptors (Lipinski definition) is 3. The van der Waals surface area contributed by atoms with Gasteiger partial charge in [-0.05, 0) is 59.7 Å². The smallest absolute Gasteiger partial charge is 0.337 e. The zero-order valence-corrected chi connectivity index (χ0v) is 16.5. The second-order valence-electron chi connectivity index (χ2n) is 7.79. The number of hydrogen-bond donors (Lipinski definition) is 2. The Morgan fingerprint density at radius 3 is 2.50 bits per heavy atom. The highest BCUT2D eigenvalue weighted by molar-refractivity contribution is 5.89. The van der Waals surface area contributed by atoms with E-state index in [0.717, 1.165) is 17.7 Å². The number of aromatic amines is 1. The average molecular weight is 374 g/mol. The minimum absolute atomic E-state index is 0.248. The highest BCUT2D eigenvalue weighted by atomic mass is 16.5. The van der Waals surface area contributed by atoms with Crippen LogP contribution in [0.3, 0.4) is 0 Å². The standard InChI is InChI=1S/C24H26N2O2/c1-15(2)19-14-18-6-4-5-7-20(18)26-23(19)22-13-12-21(25-22)16-8-10-17(11-9-16)24(27)28-3/h4-13,15,19,23,25-26H,14H2,1-3H3. The van der Waals surface area contributed by atoms with Crippen molar-refractivity contribution in [2.24, 2.45) is 11.8 Å². The lowest BCUT2D eigenvalue weighted by Crippen LogP contribution is -2.31. The molecule has 2 N–H and O–H groups in total. The van der Waals surface area contributed by atoms with Gasteiger partial charge in [0.15, 0.2) is 0 Å². The molecule has 0 aliphatic carbocycles. The van der Waals surface area contributed by atoms with E-state index in [0.29, 0.717) is 17.4 Å². The van der Waals surface area contributed by atoms with E-state index >= 15 is 0 Å². The molecule has 2 heterocycles. The van der Waals surface area contributed by atoms with Crippen LogP contribution in [0.1, 0.15) is 41.5 Å². The summed E-state index contributed by atoms with van der Waals surface area (Å²) >= 11 is 0. The molecule has 0 saturated heterocycles. The Labute approximate surface area is 165 Å². The third kappa shape index (κ3) is 3.42. The molecule has 2 atom stereocenters. The Morgan fingerprint density at radius 1 is 1.04 bits per heavy atom. The number of fused-ring (bicyclic) bond motifs is 1. The van der Waals surface area contributed by atoms with Gasteiger partial charge in [-0.2, -0.15) is 0 Å². The van der Waals surface area contributed by atoms with Gasteiger partial charge in [0.25, 0.3) is 0 Å². The molecule has 4 heteroatoms. The zero-order chi connectivity index (χ0) is 19.7. The van der Waals surface area contributed by atoms with E-state index in [-0.39, 0.29) is 12.0 Å². The summed E-state index contributed by atoms with van der Waals surface area (Å²) in [5, 5.41) is 3.75. The molecule has 0 amide bonds. The molecular formula is C24H26N2O2. The number of methoxy groups -OCH3 is 1. The summed E-state index contributed by atoms with van der Waals surface area (Å²) < 4.78 is 4.77. The number of carbonyl (C=O) groups is 1. The van der Waals surface area contributed by atoms with Crippen LogP contribution in [0.15, 0.2) is 60.7 Å². The third-order valence-electron chi connectivity index (χ3n) is 5.73. The van der Waals surface area contributed by atoms with Crippen LogP contribution in [-0.2, 0) is 11.2 Å². The molecule has 0 bridgehead atoms. The molecule has 0 spiro atoms. The van der Waals surface area contributed by atoms with Gasteiger partial charge in [0, 0.05) is 17.1 Å². The Morgan fingerprint density at radius 2 is 1.79 bits per heavy atom. The van der Waals surface area contributed by atoms with Gasteiger partial charge in [0.2, 0.25) is 0 Å². The second-order valence-corrected chi connectivity index (χ2v) is 7.79. The maximum absolute atomic E-state index is 11.6. The molecule has 1 aliphatic heterocycles. The van der Waals surface area contributed by atoms with Crippen molar-refractivity contribution in [2.45, 2.75) is 26.3 Å². The van der Waals surface area contributed by atoms with Crippen molar-refractivity contribution in [2.75, 3.05) is 12.4 Å². The lowest BCUT2D eigenvalue weighted by molar-refractivity contribution is 0.0601. The van der Waals surface area contributed by atoms with Gasteiger partial charge in [0.1, 0.15) is 0 Å². The molecule has 3 aromatic rings. The topological polar surface area (TPSA) is 54.1 Å². The number of rotatable bonds is 4. The number of H-pyrrole nitrogens is 1. The number of ether oxygens (including phenoxy) is 1. The van der Waals surface area contributed by atoms with Gasteiger partial charge in [-0.3, -0.25) is 0 Å². The number of esters is 1. The molecular weight excluding hydrogens is 348 g/mol. The monoisotopic (exact) mass is 374 g/mol. The first kappa shape index (κ1) is 18.4. The highest BCUT2D eigenvalue weighted by Gasteiger charge is 2.32. The van der Waals surface area contributed by atoms with E-state index in [1.54, 1.807) is 12.1 Å². The molecule has 2 unspecified atom stereocenters. The van der Waals surface area contributed by atoms with Gasteiger partial charge in [0.05, 0.1) is 18.7 Å². The summed E-state index contributed by atoms with van der Waals surface area (Å²) in [6, 6.07) is 20.6. The van der Waals surface area contributed by atoms with Crippen LogP contribution >= 0.6 is 0 Å². The van der Waals surface area contributed by atoms with Crippen LogP contribution in [0.2, 0.25) is 0 Å². The molecule has 28 heavy (non-hydrogen) atoms. The number of para-hydroxylation sites is 1. The van der Waals surface area contributed by atoms with Crippen LogP contribution in [0.5, 0.6) is 0 Å². The molecule has 144 valence electrons. The fourth-order valence-electron chi connectivity index (χ4n) is 4.08. The molecule has 0 radical (unpaired) electrons. The molecule has 2 aromatic carbocycles. The highest BCUT2D eigenvalue weighted by Crippen LogP contribution is 2.40. The predicted molar refractivity (Wildman–Crippen MR) is 112 cm³/mol. The number of aromatic nitrogens is 1. The average Bonchev–Trinajstić information content (AvgIpc) is 3.22. The number of carbonyl (C=O) groups excluding carboxylic acids is 1. The molecule has 1 aromatic heterocycles. The van der Waals surface area contributed by atoms with E-state index < -0.39 is 0 Å². The van der Waals surface area contributed by atoms with E-state index in [2.05, 4.69) is 60.5 Å². The van der Waals surface area contributed by atoms with Crippen LogP contribution in [0.25, 0.3) is 11.3 Å². The zero-order valence-electron chi connectivity index (χ0n) is 16.5. The number of benzene rings is 2. The van der Waals surface area contributed by atoms with Crippen molar-refractivity contribution in [3.8, 4) is 11.3 Å². The van der Waals surface area contributed by atoms with E-state index in [9.17, 15) is 4.79 Å². The molecule has 0 fully saturated rings. The largest absolute Gasteiger partial charge is 0.465 e. The lowest BCUT2D eigenvalue weighted by atomic mass is 9.79. The number of anilines is 1. The molecule has 4 nitrogen and oxygen atoms in total. The van der Waals surface area contributed by atoms with Gasteiger partial charge in [-0.1, -0.05) is 44.2 Å². The maximum atomic E-state index is 11.6. The van der Waals surface area contributed by atoms with Crippen molar-refractivity contribution >= 4 is 11.7 Å². The Balaban J connectivity index is 1.62. The van der Waals surface area contributed by atoms with Crippen molar-refractivity contribution in [3.63, 3.8) is 0 Å². The van der Waals surface area contributed by atoms with Gasteiger partial charge >= 0.3 is 5.97 Å². The minimum atomic E-state index is -0.316. The van der Waals surface area contributed by atoms with Crippen LogP contribution < -0.4 is 5.32 Å². The summed E-state index contributed by atoms with van der Waals surface area (Å²) in [6.07, 6.45) is 1.08. The van der Waals surface area contributed by atoms with Crippen LogP contribution in [0.4, 0.5) is 5.69 Å². The fraction of sp³-hybridized carbons (Fsp3) is 0.292. The second kappa shape index (κ2) is 7.55. The Bertz CT molecular complexity index is 972. The molecule has 1 aliphatic rings. The lowest BCUT2D eigenvalue weighted by Gasteiger charge is -2.36. The Hall–Kier alpha value is -3.01. The predicted octanol–water partition coefficient (Wildman–Crippen LogP) is 5.45. The van der Waals surface area contributed by atoms with Crippen molar-refractivity contribution in [3.05, 3.63) is 77.5 Å². The van der Waals surface area contributed by atoms with Crippen molar-refractivity contribution in [1.29, 1.82) is 0 Å². The van der Waals surface area contributed by atoms with E-state index in [1.807, 2.05) is 12.1 Å². The van der Waals surface area contributed by atoms with E-state index in [4.69, 9.17) is 4.74 Å². The summed E-state index contributed by atoms with van der Waals surface area (Å²) in [5.74, 6) is 0.767. The fourth-order valence-corrected chi connectivity index (χ4v) is 4.08. The van der Waals surface area contributed by atoms with Crippen LogP contribution in [0, 0.1) is 11.8 Å². The van der Waals surface area contributed by atoms with Gasteiger partial charge in [-0.25, -0.2) is 4.79 Å². The summed E-state index contributed by atoms with van der Waals surface area (Å²) in [6.45, 7) is 4.59. The van der Waals surface area contributed by atoms with Gasteiger partial charge < -0.3 is 15.0 Å². The summed E-state index contributed by atoms with van der Waals surface area (Å²) in [5.41, 5.74) is 6.47. The Kier molecular flexibility index (Phi) is 4.95. The maximum Gasteiger partial charge on any atom is 0.337 e. The minimum Gasteiger partial charge on any atom is -0.465 e. The SMILES string of the molecule is COC(=O)c1ccc(-c2ccc(C3Nc4ccccc4CC3C(C)C)[nH]2)cc1. The van der Waals surface area contributed by atoms with E-state index in [1.165, 1.54) is 24.1 Å². The normalized spacial score (nSPS) is 18.4. The quantitative estimate of drug-likeness (QED) is 0.597. The van der Waals surface area contributed by atoms with Crippen molar-refractivity contribution < 1.29 is 9.53 Å². The van der Waals surface area contributed by atoms with Crippen molar-refractivity contribution in [1.82, 2.24) is 4.98 Å².